The highest BCUT2D eigenvalue weighted by Gasteiger charge is 2.28. The molecule has 0 spiro atoms. The maximum absolute atomic E-state index is 11.2. The summed E-state index contributed by atoms with van der Waals surface area (Å²) in [7, 11) is 0. The molecule has 0 aliphatic heterocycles. The molecule has 0 fully saturated rings. The van der Waals surface area contributed by atoms with Crippen LogP contribution in [0.1, 0.15) is 63.3 Å². The third kappa shape index (κ3) is 4.84. The van der Waals surface area contributed by atoms with E-state index in [2.05, 4.69) is 33.0 Å². The summed E-state index contributed by atoms with van der Waals surface area (Å²) in [6.07, 6.45) is 8.62. The van der Waals surface area contributed by atoms with Crippen molar-refractivity contribution >= 4 is 39.4 Å². The van der Waals surface area contributed by atoms with E-state index in [9.17, 15) is 9.90 Å². The van der Waals surface area contributed by atoms with Gasteiger partial charge < -0.3 is 14.9 Å². The molecule has 2 unspecified atom stereocenters. The molecule has 0 radical (unpaired) electrons. The van der Waals surface area contributed by atoms with Gasteiger partial charge in [-0.25, -0.2) is 4.79 Å². The number of unbranched alkanes of at least 4 members (excludes halogenated alkanes) is 2. The number of nitrogens with zero attached hydrogens (tertiary/aromatic N) is 1. The number of fused-ring (bicyclic) bond motifs is 1. The highest BCUT2D eigenvalue weighted by molar-refractivity contribution is 9.09. The Kier molecular flexibility index (Phi) is 7.20. The molecule has 3 N–H and O–H groups in total. The van der Waals surface area contributed by atoms with Crippen LogP contribution in [0, 0.1) is 11.3 Å². The first-order valence-electron chi connectivity index (χ1n) is 8.95. The Balaban J connectivity index is 2.34. The molecule has 26 heavy (non-hydrogen) atoms. The first kappa shape index (κ1) is 20.4. The molecule has 2 atom stereocenters. The van der Waals surface area contributed by atoms with E-state index < -0.39 is 5.97 Å². The largest absolute Gasteiger partial charge is 0.494 e. The zero-order chi connectivity index (χ0) is 19.3. The smallest absolute Gasteiger partial charge is 0.331 e. The lowest BCUT2D eigenvalue weighted by Gasteiger charge is -2.16. The van der Waals surface area contributed by atoms with Crippen molar-refractivity contribution in [2.24, 2.45) is 11.1 Å². The number of aromatic nitrogens is 1. The molecule has 2 rings (SSSR count). The number of nitrogens with one attached hydrogen (secondary N) is 2. The topological polar surface area (TPSA) is 98.5 Å². The van der Waals surface area contributed by atoms with E-state index in [0.29, 0.717) is 17.7 Å². The number of rotatable bonds is 8. The Morgan fingerprint density at radius 2 is 2.27 bits per heavy atom. The number of hydrogen-bond acceptors (Lipinski definition) is 5. The van der Waals surface area contributed by atoms with Gasteiger partial charge in [-0.1, -0.05) is 66.3 Å². The van der Waals surface area contributed by atoms with Crippen LogP contribution in [0.2, 0.25) is 0 Å². The second-order valence-electron chi connectivity index (χ2n) is 6.65. The van der Waals surface area contributed by atoms with Gasteiger partial charge in [-0.3, -0.25) is 5.41 Å². The molecule has 1 aromatic rings. The second kappa shape index (κ2) is 9.16. The van der Waals surface area contributed by atoms with Crippen molar-refractivity contribution in [1.82, 2.24) is 4.98 Å². The molecule has 0 amide bonds. The minimum Gasteiger partial charge on any atom is -0.494 e. The lowest BCUT2D eigenvalue weighted by atomic mass is 9.90. The Bertz CT molecular complexity index is 737. The summed E-state index contributed by atoms with van der Waals surface area (Å²) in [4.78, 5) is 19.2. The molecule has 0 saturated carbocycles. The summed E-state index contributed by atoms with van der Waals surface area (Å²) in [5.74, 6) is -0.643. The van der Waals surface area contributed by atoms with Crippen LogP contribution in [0.15, 0.2) is 11.2 Å². The van der Waals surface area contributed by atoms with Crippen molar-refractivity contribution in [3.05, 3.63) is 22.9 Å². The van der Waals surface area contributed by atoms with E-state index in [4.69, 9.17) is 10.2 Å². The number of carbonyl (C=O) groups excluding carboxylic acids is 1. The maximum Gasteiger partial charge on any atom is 0.331 e. The Labute approximate surface area is 162 Å². The van der Waals surface area contributed by atoms with Crippen LogP contribution in [0.3, 0.4) is 0 Å². The standard InChI is InChI=1S/C19H26BrN3O3/c1-4-5-6-7-11(2)18(23-26-12(3)24)17(21)16-14-9-8-13(20)10-15(14)22-19(16)25/h8-9,11,13,21-22,25H,4-7,10H2,1-3H3/b21-17?,23-18+. The van der Waals surface area contributed by atoms with Gasteiger partial charge in [0.25, 0.3) is 0 Å². The molecule has 1 heterocycles. The van der Waals surface area contributed by atoms with Gasteiger partial charge in [-0.15, -0.1) is 0 Å². The normalized spacial score (nSPS) is 17.7. The lowest BCUT2D eigenvalue weighted by Crippen LogP contribution is -2.24. The minimum atomic E-state index is -0.529. The van der Waals surface area contributed by atoms with E-state index in [1.54, 1.807) is 0 Å². The summed E-state index contributed by atoms with van der Waals surface area (Å²) in [5.41, 5.74) is 2.53. The highest BCUT2D eigenvalue weighted by Crippen LogP contribution is 2.33. The Hall–Kier alpha value is -1.89. The fourth-order valence-corrected chi connectivity index (χ4v) is 3.55. The van der Waals surface area contributed by atoms with Crippen LogP contribution in [0.4, 0.5) is 0 Å². The quantitative estimate of drug-likeness (QED) is 0.188. The van der Waals surface area contributed by atoms with Gasteiger partial charge in [0.1, 0.15) is 5.71 Å². The van der Waals surface area contributed by atoms with Crippen LogP contribution < -0.4 is 0 Å². The zero-order valence-electron chi connectivity index (χ0n) is 15.4. The molecule has 0 saturated heterocycles. The molecule has 1 aromatic heterocycles. The van der Waals surface area contributed by atoms with Gasteiger partial charge in [0.05, 0.1) is 11.3 Å². The van der Waals surface area contributed by atoms with Crippen LogP contribution in [-0.2, 0) is 16.1 Å². The number of oxime groups is 1. The maximum atomic E-state index is 11.2. The molecule has 1 aliphatic carbocycles. The zero-order valence-corrected chi connectivity index (χ0v) is 17.0. The molecular formula is C19H26BrN3O3. The van der Waals surface area contributed by atoms with Gasteiger partial charge in [-0.2, -0.15) is 0 Å². The number of H-pyrrole nitrogens is 1. The van der Waals surface area contributed by atoms with Gasteiger partial charge >= 0.3 is 5.97 Å². The number of hydrogen-bond donors (Lipinski definition) is 3. The van der Waals surface area contributed by atoms with E-state index in [1.807, 2.05) is 19.1 Å². The van der Waals surface area contributed by atoms with Gasteiger partial charge in [0.2, 0.25) is 0 Å². The van der Waals surface area contributed by atoms with Crippen LogP contribution in [0.25, 0.3) is 6.08 Å². The molecule has 6 nitrogen and oxygen atoms in total. The summed E-state index contributed by atoms with van der Waals surface area (Å²) in [6.45, 7) is 5.38. The fourth-order valence-electron chi connectivity index (χ4n) is 3.07. The van der Waals surface area contributed by atoms with Crippen molar-refractivity contribution in [1.29, 1.82) is 5.41 Å². The van der Waals surface area contributed by atoms with Crippen molar-refractivity contribution in [3.8, 4) is 5.88 Å². The van der Waals surface area contributed by atoms with E-state index in [1.165, 1.54) is 6.92 Å². The fraction of sp³-hybridized carbons (Fsp3) is 0.526. The molecule has 7 heteroatoms. The molecule has 0 bridgehead atoms. The number of carbonyl (C=O) groups is 1. The lowest BCUT2D eigenvalue weighted by molar-refractivity contribution is -0.140. The summed E-state index contributed by atoms with van der Waals surface area (Å²) < 4.78 is 0. The predicted octanol–water partition coefficient (Wildman–Crippen LogP) is 4.56. The molecular weight excluding hydrogens is 398 g/mol. The molecule has 1 aliphatic rings. The monoisotopic (exact) mass is 423 g/mol. The number of allylic oxidation sites excluding steroid dienone is 1. The third-order valence-electron chi connectivity index (χ3n) is 4.46. The summed E-state index contributed by atoms with van der Waals surface area (Å²) >= 11 is 3.53. The van der Waals surface area contributed by atoms with Gasteiger partial charge in [0, 0.05) is 35.3 Å². The second-order valence-corrected chi connectivity index (χ2v) is 7.83. The Morgan fingerprint density at radius 1 is 1.54 bits per heavy atom. The average Bonchev–Trinajstić information content (AvgIpc) is 2.89. The van der Waals surface area contributed by atoms with Crippen molar-refractivity contribution in [2.75, 3.05) is 0 Å². The molecule has 0 aromatic carbocycles. The number of aromatic amines is 1. The Morgan fingerprint density at radius 3 is 2.92 bits per heavy atom. The van der Waals surface area contributed by atoms with Crippen molar-refractivity contribution in [3.63, 3.8) is 0 Å². The van der Waals surface area contributed by atoms with Crippen LogP contribution in [0.5, 0.6) is 5.88 Å². The minimum absolute atomic E-state index is 0.0532. The average molecular weight is 424 g/mol. The third-order valence-corrected chi connectivity index (χ3v) is 5.09. The van der Waals surface area contributed by atoms with Crippen LogP contribution in [-0.4, -0.2) is 32.3 Å². The van der Waals surface area contributed by atoms with Gasteiger partial charge in [0.15, 0.2) is 5.88 Å². The predicted molar refractivity (Wildman–Crippen MR) is 107 cm³/mol. The first-order valence-corrected chi connectivity index (χ1v) is 9.87. The van der Waals surface area contributed by atoms with E-state index in [-0.39, 0.29) is 22.3 Å². The van der Waals surface area contributed by atoms with Crippen molar-refractivity contribution < 1.29 is 14.7 Å². The summed E-state index contributed by atoms with van der Waals surface area (Å²) in [6, 6.07) is 0. The van der Waals surface area contributed by atoms with Crippen LogP contribution >= 0.6 is 15.9 Å². The first-order chi connectivity index (χ1) is 12.3. The number of aromatic hydroxyl groups is 1. The molecule has 142 valence electrons. The number of halogens is 1. The van der Waals surface area contributed by atoms with E-state index in [0.717, 1.165) is 36.9 Å². The van der Waals surface area contributed by atoms with Gasteiger partial charge in [-0.05, 0) is 6.42 Å². The van der Waals surface area contributed by atoms with E-state index >= 15 is 0 Å². The number of alkyl halides is 1. The summed E-state index contributed by atoms with van der Waals surface area (Å²) in [5, 5.41) is 23.0. The highest BCUT2D eigenvalue weighted by atomic mass is 79.9. The van der Waals surface area contributed by atoms with Crippen molar-refractivity contribution in [2.45, 2.75) is 57.7 Å². The SMILES string of the molecule is CCCCCC(C)/C(=N\OC(C)=O)C(=N)c1c(O)[nH]c2c1C=CC(Br)C2.